The van der Waals surface area contributed by atoms with E-state index in [1.165, 1.54) is 24.2 Å². The van der Waals surface area contributed by atoms with E-state index in [1.807, 2.05) is 6.92 Å². The molecule has 4 nitrogen and oxygen atoms in total. The summed E-state index contributed by atoms with van der Waals surface area (Å²) < 4.78 is 2.10. The molecule has 2 rings (SSSR count). The van der Waals surface area contributed by atoms with E-state index < -0.39 is 0 Å². The molecule has 4 heteroatoms. The molecule has 0 fully saturated rings. The van der Waals surface area contributed by atoms with E-state index in [1.54, 1.807) is 0 Å². The first-order valence-electron chi connectivity index (χ1n) is 7.39. The number of amides is 1. The first-order valence-corrected chi connectivity index (χ1v) is 7.39. The molecule has 0 spiro atoms. The summed E-state index contributed by atoms with van der Waals surface area (Å²) in [5, 5.41) is 3.00. The summed E-state index contributed by atoms with van der Waals surface area (Å²) in [6.07, 6.45) is 5.61. The molecule has 0 bridgehead atoms. The maximum atomic E-state index is 12.0. The van der Waals surface area contributed by atoms with E-state index in [2.05, 4.69) is 28.7 Å². The Kier molecular flexibility index (Phi) is 4.61. The van der Waals surface area contributed by atoms with Crippen LogP contribution in [0.3, 0.4) is 0 Å². The highest BCUT2D eigenvalue weighted by Gasteiger charge is 2.19. The summed E-state index contributed by atoms with van der Waals surface area (Å²) in [7, 11) is 0. The van der Waals surface area contributed by atoms with Gasteiger partial charge in [0.05, 0.1) is 5.69 Å². The molecule has 106 valence electrons. The molecule has 0 aliphatic heterocycles. The lowest BCUT2D eigenvalue weighted by Gasteiger charge is -2.15. The number of aromatic nitrogens is 2. The number of nitrogens with one attached hydrogen (secondary N) is 1. The summed E-state index contributed by atoms with van der Waals surface area (Å²) in [6.45, 7) is 7.53. The Balaban J connectivity index is 1.95. The fourth-order valence-electron chi connectivity index (χ4n) is 2.65. The van der Waals surface area contributed by atoms with E-state index in [0.29, 0.717) is 12.5 Å². The van der Waals surface area contributed by atoms with Gasteiger partial charge in [-0.1, -0.05) is 13.8 Å². The van der Waals surface area contributed by atoms with Gasteiger partial charge < -0.3 is 9.88 Å². The molecule has 0 saturated heterocycles. The number of hydrogen-bond donors (Lipinski definition) is 1. The number of nitrogens with zero attached hydrogens (tertiary/aromatic N) is 2. The van der Waals surface area contributed by atoms with Crippen molar-refractivity contribution < 1.29 is 4.79 Å². The highest BCUT2D eigenvalue weighted by molar-refractivity contribution is 5.75. The van der Waals surface area contributed by atoms with Crippen molar-refractivity contribution in [3.63, 3.8) is 0 Å². The highest BCUT2D eigenvalue weighted by atomic mass is 16.1. The van der Waals surface area contributed by atoms with Crippen molar-refractivity contribution in [3.05, 3.63) is 17.2 Å². The number of aryl methyl sites for hydroxylation is 2. The Hall–Kier alpha value is -1.32. The van der Waals surface area contributed by atoms with Crippen LogP contribution in [0.2, 0.25) is 0 Å². The first-order chi connectivity index (χ1) is 9.08. The number of carbonyl (C=O) groups is 1. The molecule has 0 aromatic carbocycles. The average Bonchev–Trinajstić information content (AvgIpc) is 2.66. The van der Waals surface area contributed by atoms with Crippen LogP contribution in [0.4, 0.5) is 0 Å². The van der Waals surface area contributed by atoms with Crippen LogP contribution in [0.5, 0.6) is 0 Å². The van der Waals surface area contributed by atoms with Crippen LogP contribution in [0.25, 0.3) is 0 Å². The van der Waals surface area contributed by atoms with Crippen molar-refractivity contribution in [2.24, 2.45) is 5.92 Å². The van der Waals surface area contributed by atoms with E-state index in [9.17, 15) is 4.79 Å². The molecular weight excluding hydrogens is 238 g/mol. The molecule has 1 amide bonds. The maximum absolute atomic E-state index is 12.0. The third-order valence-corrected chi connectivity index (χ3v) is 3.77. The number of fused-ring (bicyclic) bond motifs is 1. The van der Waals surface area contributed by atoms with E-state index in [-0.39, 0.29) is 5.91 Å². The van der Waals surface area contributed by atoms with Crippen molar-refractivity contribution in [2.75, 3.05) is 6.54 Å². The summed E-state index contributed by atoms with van der Waals surface area (Å²) >= 11 is 0. The fraction of sp³-hybridized carbons (Fsp3) is 0.733. The molecule has 1 N–H and O–H groups in total. The van der Waals surface area contributed by atoms with Gasteiger partial charge in [-0.25, -0.2) is 4.98 Å². The van der Waals surface area contributed by atoms with Gasteiger partial charge in [-0.3, -0.25) is 4.79 Å². The minimum absolute atomic E-state index is 0.106. The van der Waals surface area contributed by atoms with Gasteiger partial charge in [0.25, 0.3) is 0 Å². The summed E-state index contributed by atoms with van der Waals surface area (Å²) in [6, 6.07) is 0. The monoisotopic (exact) mass is 263 g/mol. The molecule has 0 radical (unpaired) electrons. The minimum atomic E-state index is 0.106. The normalized spacial score (nSPS) is 14.5. The van der Waals surface area contributed by atoms with E-state index >= 15 is 0 Å². The Labute approximate surface area is 115 Å². The lowest BCUT2D eigenvalue weighted by molar-refractivity contribution is -0.121. The molecule has 1 aliphatic carbocycles. The first kappa shape index (κ1) is 14.1. The van der Waals surface area contributed by atoms with E-state index in [4.69, 9.17) is 0 Å². The molecule has 0 atom stereocenters. The largest absolute Gasteiger partial charge is 0.355 e. The van der Waals surface area contributed by atoms with Crippen molar-refractivity contribution in [1.29, 1.82) is 0 Å². The number of carbonyl (C=O) groups excluding carboxylic acids is 1. The van der Waals surface area contributed by atoms with Crippen molar-refractivity contribution in [3.8, 4) is 0 Å². The van der Waals surface area contributed by atoms with Gasteiger partial charge in [0, 0.05) is 12.2 Å². The van der Waals surface area contributed by atoms with Crippen molar-refractivity contribution in [1.82, 2.24) is 14.9 Å². The Morgan fingerprint density at radius 1 is 1.37 bits per heavy atom. The van der Waals surface area contributed by atoms with E-state index in [0.717, 1.165) is 31.6 Å². The molecule has 0 saturated carbocycles. The van der Waals surface area contributed by atoms with Gasteiger partial charge >= 0.3 is 0 Å². The van der Waals surface area contributed by atoms with Crippen LogP contribution < -0.4 is 5.32 Å². The molecule has 1 aromatic heterocycles. The third kappa shape index (κ3) is 3.58. The van der Waals surface area contributed by atoms with Gasteiger partial charge in [0.15, 0.2) is 0 Å². The lowest BCUT2D eigenvalue weighted by atomic mass is 10.0. The average molecular weight is 263 g/mol. The van der Waals surface area contributed by atoms with Crippen molar-refractivity contribution in [2.45, 2.75) is 59.4 Å². The Morgan fingerprint density at radius 2 is 2.11 bits per heavy atom. The summed E-state index contributed by atoms with van der Waals surface area (Å²) in [5.41, 5.74) is 2.49. The topological polar surface area (TPSA) is 46.9 Å². The molecule has 1 heterocycles. The predicted octanol–water partition coefficient (Wildman–Crippen LogP) is 2.23. The Morgan fingerprint density at radius 3 is 2.84 bits per heavy atom. The summed E-state index contributed by atoms with van der Waals surface area (Å²) in [5.74, 6) is 1.71. The van der Waals surface area contributed by atoms with Gasteiger partial charge in [0.1, 0.15) is 12.4 Å². The van der Waals surface area contributed by atoms with Crippen LogP contribution in [-0.2, 0) is 24.2 Å². The number of rotatable bonds is 5. The predicted molar refractivity (Wildman–Crippen MR) is 76.1 cm³/mol. The number of hydrogen-bond acceptors (Lipinski definition) is 2. The van der Waals surface area contributed by atoms with Crippen LogP contribution in [0.1, 0.15) is 50.3 Å². The SMILES string of the molecule is Cc1nc2c(n1CC(=O)NCCC(C)C)CCCC2. The summed E-state index contributed by atoms with van der Waals surface area (Å²) in [4.78, 5) is 16.6. The van der Waals surface area contributed by atoms with Crippen LogP contribution in [0.15, 0.2) is 0 Å². The fourth-order valence-corrected chi connectivity index (χ4v) is 2.65. The quantitative estimate of drug-likeness (QED) is 0.885. The molecule has 19 heavy (non-hydrogen) atoms. The second-order valence-corrected chi connectivity index (χ2v) is 5.88. The molecule has 1 aromatic rings. The van der Waals surface area contributed by atoms with Gasteiger partial charge in [-0.15, -0.1) is 0 Å². The van der Waals surface area contributed by atoms with Crippen LogP contribution >= 0.6 is 0 Å². The maximum Gasteiger partial charge on any atom is 0.239 e. The van der Waals surface area contributed by atoms with Gasteiger partial charge in [-0.05, 0) is 44.9 Å². The zero-order valence-electron chi connectivity index (χ0n) is 12.3. The molecule has 0 unspecified atom stereocenters. The number of imidazole rings is 1. The second-order valence-electron chi connectivity index (χ2n) is 5.88. The zero-order valence-corrected chi connectivity index (χ0v) is 12.3. The Bertz CT molecular complexity index is 448. The second kappa shape index (κ2) is 6.22. The van der Waals surface area contributed by atoms with Gasteiger partial charge in [-0.2, -0.15) is 0 Å². The van der Waals surface area contributed by atoms with Crippen LogP contribution in [-0.4, -0.2) is 22.0 Å². The van der Waals surface area contributed by atoms with Crippen molar-refractivity contribution >= 4 is 5.91 Å². The minimum Gasteiger partial charge on any atom is -0.355 e. The highest BCUT2D eigenvalue weighted by Crippen LogP contribution is 2.21. The molecule has 1 aliphatic rings. The zero-order chi connectivity index (χ0) is 13.8. The lowest BCUT2D eigenvalue weighted by Crippen LogP contribution is -2.30. The third-order valence-electron chi connectivity index (χ3n) is 3.77. The van der Waals surface area contributed by atoms with Crippen LogP contribution in [0, 0.1) is 12.8 Å². The molecular formula is C15H25N3O. The van der Waals surface area contributed by atoms with Gasteiger partial charge in [0.2, 0.25) is 5.91 Å². The smallest absolute Gasteiger partial charge is 0.239 e. The standard InChI is InChI=1S/C15H25N3O/c1-11(2)8-9-16-15(19)10-18-12(3)17-13-6-4-5-7-14(13)18/h11H,4-10H2,1-3H3,(H,16,19).